The van der Waals surface area contributed by atoms with Gasteiger partial charge in [0.15, 0.2) is 0 Å². The molecule has 1 heterocycles. The zero-order chi connectivity index (χ0) is 17.3. The first-order valence-corrected chi connectivity index (χ1v) is 8.75. The molecule has 126 valence electrons. The van der Waals surface area contributed by atoms with Crippen molar-refractivity contribution in [3.8, 4) is 0 Å². The molecule has 1 atom stereocenters. The molecule has 1 N–H and O–H groups in total. The van der Waals surface area contributed by atoms with Crippen LogP contribution in [0.25, 0.3) is 0 Å². The topological polar surface area (TPSA) is 41.6 Å². The molecule has 0 aliphatic carbocycles. The average molecular weight is 389 g/mol. The summed E-state index contributed by atoms with van der Waals surface area (Å²) in [5, 5.41) is 3.52. The van der Waals surface area contributed by atoms with Gasteiger partial charge in [-0.2, -0.15) is 0 Å². The van der Waals surface area contributed by atoms with Crippen LogP contribution >= 0.6 is 15.9 Å². The number of para-hydroxylation sites is 2. The highest BCUT2D eigenvalue weighted by Crippen LogP contribution is 2.38. The largest absolute Gasteiger partial charge is 0.443 e. The Morgan fingerprint density at radius 3 is 2.54 bits per heavy atom. The van der Waals surface area contributed by atoms with Gasteiger partial charge in [-0.25, -0.2) is 4.79 Å². The molecule has 1 aliphatic rings. The molecule has 2 aromatic rings. The number of carbonyl (C=O) groups is 1. The molecule has 1 aliphatic heterocycles. The summed E-state index contributed by atoms with van der Waals surface area (Å²) in [5.74, 6) is 0. The number of fused-ring (bicyclic) bond motifs is 1. The van der Waals surface area contributed by atoms with Gasteiger partial charge in [0.2, 0.25) is 0 Å². The molecule has 4 nitrogen and oxygen atoms in total. The third-order valence-corrected chi connectivity index (χ3v) is 4.51. The highest BCUT2D eigenvalue weighted by molar-refractivity contribution is 9.10. The molecule has 0 unspecified atom stereocenters. The summed E-state index contributed by atoms with van der Waals surface area (Å²) in [6.07, 6.45) is -0.325. The van der Waals surface area contributed by atoms with Gasteiger partial charge in [0, 0.05) is 4.47 Å². The van der Waals surface area contributed by atoms with Gasteiger partial charge in [0.1, 0.15) is 5.60 Å². The summed E-state index contributed by atoms with van der Waals surface area (Å²) in [6, 6.07) is 15.8. The summed E-state index contributed by atoms with van der Waals surface area (Å²) < 4.78 is 6.62. The second-order valence-electron chi connectivity index (χ2n) is 6.83. The summed E-state index contributed by atoms with van der Waals surface area (Å²) in [7, 11) is 0. The van der Waals surface area contributed by atoms with E-state index >= 15 is 0 Å². The van der Waals surface area contributed by atoms with Gasteiger partial charge in [0.25, 0.3) is 0 Å². The number of benzene rings is 2. The van der Waals surface area contributed by atoms with E-state index in [0.29, 0.717) is 6.54 Å². The predicted octanol–water partition coefficient (Wildman–Crippen LogP) is 5.36. The second-order valence-corrected chi connectivity index (χ2v) is 7.68. The Balaban J connectivity index is 1.96. The number of carbonyl (C=O) groups excluding carboxylic acids is 1. The fraction of sp³-hybridized carbons (Fsp3) is 0.316. The normalized spacial score (nSPS) is 17.0. The van der Waals surface area contributed by atoms with Gasteiger partial charge in [-0.15, -0.1) is 0 Å². The number of amides is 1. The van der Waals surface area contributed by atoms with Gasteiger partial charge < -0.3 is 10.1 Å². The second kappa shape index (κ2) is 6.48. The Morgan fingerprint density at radius 2 is 1.83 bits per heavy atom. The third-order valence-electron chi connectivity index (χ3n) is 3.78. The Morgan fingerprint density at radius 1 is 1.17 bits per heavy atom. The van der Waals surface area contributed by atoms with Gasteiger partial charge >= 0.3 is 6.09 Å². The predicted molar refractivity (Wildman–Crippen MR) is 101 cm³/mol. The lowest BCUT2D eigenvalue weighted by atomic mass is 10.0. The average Bonchev–Trinajstić information content (AvgIpc) is 2.52. The number of nitrogens with zero attached hydrogens (tertiary/aromatic N) is 1. The van der Waals surface area contributed by atoms with Crippen molar-refractivity contribution in [2.24, 2.45) is 0 Å². The maximum Gasteiger partial charge on any atom is 0.414 e. The van der Waals surface area contributed by atoms with E-state index in [4.69, 9.17) is 4.74 Å². The number of hydrogen-bond donors (Lipinski definition) is 1. The monoisotopic (exact) mass is 388 g/mol. The minimum Gasteiger partial charge on any atom is -0.443 e. The van der Waals surface area contributed by atoms with Crippen LogP contribution in [-0.2, 0) is 4.74 Å². The van der Waals surface area contributed by atoms with Crippen LogP contribution < -0.4 is 10.2 Å². The van der Waals surface area contributed by atoms with Crippen LogP contribution in [0, 0.1) is 0 Å². The van der Waals surface area contributed by atoms with Crippen LogP contribution in [0.4, 0.5) is 16.2 Å². The van der Waals surface area contributed by atoms with Crippen LogP contribution in [0.3, 0.4) is 0 Å². The number of halogens is 1. The third kappa shape index (κ3) is 3.56. The molecule has 0 aromatic heterocycles. The molecule has 24 heavy (non-hydrogen) atoms. The van der Waals surface area contributed by atoms with Crippen molar-refractivity contribution in [2.45, 2.75) is 32.4 Å². The van der Waals surface area contributed by atoms with Crippen LogP contribution in [0.1, 0.15) is 32.4 Å². The molecular formula is C19H21BrN2O2. The number of rotatable bonds is 1. The Kier molecular flexibility index (Phi) is 4.54. The lowest BCUT2D eigenvalue weighted by Gasteiger charge is -2.37. The summed E-state index contributed by atoms with van der Waals surface area (Å²) in [4.78, 5) is 14.4. The van der Waals surface area contributed by atoms with Crippen molar-refractivity contribution in [1.82, 2.24) is 0 Å². The van der Waals surface area contributed by atoms with Gasteiger partial charge in [-0.1, -0.05) is 46.3 Å². The minimum absolute atomic E-state index is 0.0111. The Bertz CT molecular complexity index is 755. The molecule has 0 spiro atoms. The summed E-state index contributed by atoms with van der Waals surface area (Å²) in [6.45, 7) is 6.15. The first-order valence-electron chi connectivity index (χ1n) is 7.96. The van der Waals surface area contributed by atoms with Gasteiger partial charge in [0.05, 0.1) is 24.0 Å². The van der Waals surface area contributed by atoms with E-state index < -0.39 is 5.60 Å². The van der Waals surface area contributed by atoms with Crippen LogP contribution in [0.2, 0.25) is 0 Å². The quantitative estimate of drug-likeness (QED) is 0.714. The minimum atomic E-state index is -0.528. The van der Waals surface area contributed by atoms with Crippen molar-refractivity contribution < 1.29 is 9.53 Å². The van der Waals surface area contributed by atoms with E-state index in [1.54, 1.807) is 4.90 Å². The molecule has 2 aromatic carbocycles. The molecule has 0 fully saturated rings. The molecule has 0 radical (unpaired) electrons. The summed E-state index contributed by atoms with van der Waals surface area (Å²) >= 11 is 3.60. The Labute approximate surface area is 150 Å². The van der Waals surface area contributed by atoms with E-state index in [1.807, 2.05) is 63.2 Å². The fourth-order valence-electron chi connectivity index (χ4n) is 2.77. The standard InChI is InChI=1S/C19H21BrN2O2/c1-19(2,3)24-18(23)22-12-16(13-8-4-5-9-14(13)20)21-15-10-6-7-11-17(15)22/h4-11,16,21H,12H2,1-3H3/t16-/m0/s1. The van der Waals surface area contributed by atoms with Crippen molar-refractivity contribution in [3.05, 3.63) is 58.6 Å². The van der Waals surface area contributed by atoms with Crippen LogP contribution in [0.5, 0.6) is 0 Å². The fourth-order valence-corrected chi connectivity index (χ4v) is 3.33. The van der Waals surface area contributed by atoms with Crippen molar-refractivity contribution in [1.29, 1.82) is 0 Å². The zero-order valence-electron chi connectivity index (χ0n) is 14.0. The van der Waals surface area contributed by atoms with Crippen LogP contribution in [0.15, 0.2) is 53.0 Å². The molecule has 0 bridgehead atoms. The van der Waals surface area contributed by atoms with E-state index in [9.17, 15) is 4.79 Å². The maximum absolute atomic E-state index is 12.7. The van der Waals surface area contributed by atoms with E-state index in [0.717, 1.165) is 21.4 Å². The maximum atomic E-state index is 12.7. The molecule has 0 saturated heterocycles. The van der Waals surface area contributed by atoms with E-state index in [1.165, 1.54) is 0 Å². The highest BCUT2D eigenvalue weighted by atomic mass is 79.9. The molecule has 5 heteroatoms. The molecule has 0 saturated carbocycles. The molecule has 1 amide bonds. The number of anilines is 2. The lowest BCUT2D eigenvalue weighted by Crippen LogP contribution is -2.43. The highest BCUT2D eigenvalue weighted by Gasteiger charge is 2.32. The molecule has 3 rings (SSSR count). The van der Waals surface area contributed by atoms with Gasteiger partial charge in [-0.05, 0) is 44.5 Å². The van der Waals surface area contributed by atoms with E-state index in [2.05, 4.69) is 27.3 Å². The molecular weight excluding hydrogens is 368 g/mol. The lowest BCUT2D eigenvalue weighted by molar-refractivity contribution is 0.0577. The van der Waals surface area contributed by atoms with Gasteiger partial charge in [-0.3, -0.25) is 4.90 Å². The zero-order valence-corrected chi connectivity index (χ0v) is 15.6. The van der Waals surface area contributed by atoms with E-state index in [-0.39, 0.29) is 12.1 Å². The smallest absolute Gasteiger partial charge is 0.414 e. The SMILES string of the molecule is CC(C)(C)OC(=O)N1C[C@@H](c2ccccc2Br)Nc2ccccc21. The number of nitrogens with one attached hydrogen (secondary N) is 1. The first-order chi connectivity index (χ1) is 11.3. The van der Waals surface area contributed by atoms with Crippen molar-refractivity contribution in [2.75, 3.05) is 16.8 Å². The summed E-state index contributed by atoms with van der Waals surface area (Å²) in [5.41, 5.74) is 2.35. The van der Waals surface area contributed by atoms with Crippen molar-refractivity contribution in [3.63, 3.8) is 0 Å². The first kappa shape index (κ1) is 16.8. The van der Waals surface area contributed by atoms with Crippen molar-refractivity contribution >= 4 is 33.4 Å². The number of hydrogen-bond acceptors (Lipinski definition) is 3. The number of ether oxygens (including phenoxy) is 1. The Hall–Kier alpha value is -2.01. The van der Waals surface area contributed by atoms with Crippen LogP contribution in [-0.4, -0.2) is 18.2 Å².